The molecule has 2 aromatic carbocycles. The molecule has 2 aliphatic heterocycles. The number of hydrogen-bond donors (Lipinski definition) is 1. The van der Waals surface area contributed by atoms with E-state index in [4.69, 9.17) is 25.8 Å². The van der Waals surface area contributed by atoms with Crippen LogP contribution in [0.4, 0.5) is 5.69 Å². The molecule has 0 saturated carbocycles. The van der Waals surface area contributed by atoms with Crippen molar-refractivity contribution in [3.05, 3.63) is 58.1 Å². The maximum absolute atomic E-state index is 13.3. The molecular formula is C26H29ClN2O6. The lowest BCUT2D eigenvalue weighted by Gasteiger charge is -2.28. The lowest BCUT2D eigenvalue weighted by Crippen LogP contribution is -2.36. The number of carbonyl (C=O) groups is 2. The highest BCUT2D eigenvalue weighted by atomic mass is 35.5. The third kappa shape index (κ3) is 4.68. The van der Waals surface area contributed by atoms with Crippen LogP contribution in [0, 0.1) is 0 Å². The molecule has 2 heterocycles. The number of ketones is 1. The van der Waals surface area contributed by atoms with Crippen LogP contribution in [0.1, 0.15) is 30.0 Å². The second kappa shape index (κ2) is 10.2. The van der Waals surface area contributed by atoms with Crippen LogP contribution in [0.15, 0.2) is 42.0 Å². The highest BCUT2D eigenvalue weighted by molar-refractivity contribution is 6.46. The molecule has 1 amide bonds. The Kier molecular flexibility index (Phi) is 7.23. The summed E-state index contributed by atoms with van der Waals surface area (Å²) >= 11 is 6.23. The van der Waals surface area contributed by atoms with Gasteiger partial charge < -0.3 is 29.1 Å². The fourth-order valence-electron chi connectivity index (χ4n) is 4.57. The van der Waals surface area contributed by atoms with Crippen LogP contribution in [-0.4, -0.2) is 69.3 Å². The van der Waals surface area contributed by atoms with Gasteiger partial charge >= 0.3 is 0 Å². The Morgan fingerprint density at radius 3 is 2.40 bits per heavy atom. The molecule has 2 aliphatic rings. The van der Waals surface area contributed by atoms with Gasteiger partial charge in [-0.15, -0.1) is 0 Å². The quantitative estimate of drug-likeness (QED) is 0.349. The highest BCUT2D eigenvalue weighted by Crippen LogP contribution is 2.43. The highest BCUT2D eigenvalue weighted by Gasteiger charge is 2.47. The summed E-state index contributed by atoms with van der Waals surface area (Å²) in [6, 6.07) is 9.75. The normalized spacial score (nSPS) is 21.5. The monoisotopic (exact) mass is 500 g/mol. The molecule has 0 aromatic heterocycles. The number of benzene rings is 2. The molecule has 0 bridgehead atoms. The van der Waals surface area contributed by atoms with E-state index in [0.29, 0.717) is 17.9 Å². The number of aliphatic hydroxyl groups excluding tert-OH is 1. The van der Waals surface area contributed by atoms with Gasteiger partial charge in [0.25, 0.3) is 11.7 Å². The molecule has 35 heavy (non-hydrogen) atoms. The van der Waals surface area contributed by atoms with Crippen molar-refractivity contribution < 1.29 is 28.9 Å². The SMILES string of the molecule is COc1cc(/C(O)=C2\C(=O)C(=O)N(CC3CCCO3)C2c2ccc(N(C)C)cc2)c(OC)cc1Cl. The predicted molar refractivity (Wildman–Crippen MR) is 133 cm³/mol. The standard InChI is InChI=1S/C26H29ClN2O6/c1-28(2)16-9-7-15(8-10-16)23-22(25(31)26(32)29(23)14-17-6-5-11-35-17)24(30)18-12-21(34-4)19(27)13-20(18)33-3/h7-10,12-13,17,23,30H,5-6,11,14H2,1-4H3/b24-22+. The van der Waals surface area contributed by atoms with Gasteiger partial charge in [0.2, 0.25) is 0 Å². The molecule has 0 radical (unpaired) electrons. The average Bonchev–Trinajstić information content (AvgIpc) is 3.45. The summed E-state index contributed by atoms with van der Waals surface area (Å²) in [5.74, 6) is -1.25. The zero-order valence-electron chi connectivity index (χ0n) is 20.2. The van der Waals surface area contributed by atoms with E-state index < -0.39 is 17.7 Å². The van der Waals surface area contributed by atoms with Crippen LogP contribution < -0.4 is 14.4 Å². The van der Waals surface area contributed by atoms with Crippen molar-refractivity contribution in [2.45, 2.75) is 25.0 Å². The number of hydrogen-bond acceptors (Lipinski definition) is 7. The van der Waals surface area contributed by atoms with Gasteiger partial charge in [-0.1, -0.05) is 23.7 Å². The summed E-state index contributed by atoms with van der Waals surface area (Å²) in [6.07, 6.45) is 1.54. The molecule has 0 spiro atoms. The van der Waals surface area contributed by atoms with Crippen molar-refractivity contribution >= 4 is 34.7 Å². The van der Waals surface area contributed by atoms with E-state index in [1.165, 1.54) is 31.3 Å². The molecule has 4 rings (SSSR count). The topological polar surface area (TPSA) is 88.5 Å². The van der Waals surface area contributed by atoms with Crippen molar-refractivity contribution in [1.29, 1.82) is 0 Å². The fourth-order valence-corrected chi connectivity index (χ4v) is 4.80. The van der Waals surface area contributed by atoms with E-state index in [0.717, 1.165) is 18.5 Å². The Morgan fingerprint density at radius 2 is 1.83 bits per heavy atom. The Hall–Kier alpha value is -3.23. The number of likely N-dealkylation sites (tertiary alicyclic amines) is 1. The molecule has 8 nitrogen and oxygen atoms in total. The van der Waals surface area contributed by atoms with Crippen LogP contribution in [-0.2, 0) is 14.3 Å². The van der Waals surface area contributed by atoms with Gasteiger partial charge in [-0.05, 0) is 36.6 Å². The predicted octanol–water partition coefficient (Wildman–Crippen LogP) is 4.02. The molecule has 186 valence electrons. The van der Waals surface area contributed by atoms with Crippen molar-refractivity contribution in [2.75, 3.05) is 46.4 Å². The first-order chi connectivity index (χ1) is 16.8. The zero-order valence-corrected chi connectivity index (χ0v) is 21.0. The molecule has 2 saturated heterocycles. The van der Waals surface area contributed by atoms with E-state index in [-0.39, 0.29) is 40.3 Å². The molecule has 0 aliphatic carbocycles. The summed E-state index contributed by atoms with van der Waals surface area (Å²) in [5, 5.41) is 11.7. The number of anilines is 1. The number of ether oxygens (including phenoxy) is 3. The van der Waals surface area contributed by atoms with Crippen molar-refractivity contribution in [2.24, 2.45) is 0 Å². The molecular weight excluding hydrogens is 472 g/mol. The minimum atomic E-state index is -0.790. The molecule has 2 aromatic rings. The second-order valence-corrected chi connectivity index (χ2v) is 9.17. The smallest absolute Gasteiger partial charge is 0.295 e. The first-order valence-electron chi connectivity index (χ1n) is 11.4. The van der Waals surface area contributed by atoms with Gasteiger partial charge in [0.15, 0.2) is 0 Å². The van der Waals surface area contributed by atoms with Gasteiger partial charge in [-0.25, -0.2) is 0 Å². The van der Waals surface area contributed by atoms with Gasteiger partial charge in [-0.3, -0.25) is 9.59 Å². The minimum absolute atomic E-state index is 0.0201. The van der Waals surface area contributed by atoms with E-state index in [9.17, 15) is 14.7 Å². The Morgan fingerprint density at radius 1 is 1.14 bits per heavy atom. The second-order valence-electron chi connectivity index (χ2n) is 8.76. The molecule has 1 N–H and O–H groups in total. The van der Waals surface area contributed by atoms with Crippen molar-refractivity contribution in [3.8, 4) is 11.5 Å². The first kappa shape index (κ1) is 24.9. The largest absolute Gasteiger partial charge is 0.507 e. The summed E-state index contributed by atoms with van der Waals surface area (Å²) in [5.41, 5.74) is 1.86. The van der Waals surface area contributed by atoms with Crippen LogP contribution in [0.25, 0.3) is 5.76 Å². The molecule has 2 fully saturated rings. The third-order valence-electron chi connectivity index (χ3n) is 6.42. The van der Waals surface area contributed by atoms with Crippen molar-refractivity contribution in [1.82, 2.24) is 4.90 Å². The van der Waals surface area contributed by atoms with Crippen LogP contribution in [0.3, 0.4) is 0 Å². The number of Topliss-reactive ketones (excluding diaryl/α,β-unsaturated/α-hetero) is 1. The van der Waals surface area contributed by atoms with Crippen LogP contribution in [0.5, 0.6) is 11.5 Å². The van der Waals surface area contributed by atoms with Crippen LogP contribution >= 0.6 is 11.6 Å². The Bertz CT molecular complexity index is 1160. The number of carbonyl (C=O) groups excluding carboxylic acids is 2. The Labute approximate surface area is 209 Å². The first-order valence-corrected chi connectivity index (χ1v) is 11.7. The van der Waals surface area contributed by atoms with E-state index in [1.54, 1.807) is 0 Å². The minimum Gasteiger partial charge on any atom is -0.507 e. The van der Waals surface area contributed by atoms with Gasteiger partial charge in [0.05, 0.1) is 42.5 Å². The van der Waals surface area contributed by atoms with E-state index in [2.05, 4.69) is 0 Å². The van der Waals surface area contributed by atoms with Gasteiger partial charge in [0, 0.05) is 39.0 Å². The summed E-state index contributed by atoms with van der Waals surface area (Å²) in [6.45, 7) is 0.876. The van der Waals surface area contributed by atoms with E-state index in [1.807, 2.05) is 43.3 Å². The molecule has 2 unspecified atom stereocenters. The van der Waals surface area contributed by atoms with E-state index >= 15 is 0 Å². The number of nitrogens with zero attached hydrogens (tertiary/aromatic N) is 2. The molecule has 2 atom stereocenters. The van der Waals surface area contributed by atoms with Gasteiger partial charge in [-0.2, -0.15) is 0 Å². The Balaban J connectivity index is 1.88. The van der Waals surface area contributed by atoms with Gasteiger partial charge in [0.1, 0.15) is 17.3 Å². The zero-order chi connectivity index (χ0) is 25.3. The fraction of sp³-hybridized carbons (Fsp3) is 0.385. The lowest BCUT2D eigenvalue weighted by molar-refractivity contribution is -0.140. The summed E-state index contributed by atoms with van der Waals surface area (Å²) in [4.78, 5) is 30.0. The number of halogens is 1. The molecule has 9 heteroatoms. The summed E-state index contributed by atoms with van der Waals surface area (Å²) in [7, 11) is 6.74. The number of aliphatic hydroxyl groups is 1. The number of amides is 1. The van der Waals surface area contributed by atoms with Crippen LogP contribution in [0.2, 0.25) is 5.02 Å². The number of rotatable bonds is 7. The maximum atomic E-state index is 13.3. The third-order valence-corrected chi connectivity index (χ3v) is 6.71. The lowest BCUT2D eigenvalue weighted by atomic mass is 9.94. The maximum Gasteiger partial charge on any atom is 0.295 e. The average molecular weight is 501 g/mol. The number of methoxy groups -OCH3 is 2. The van der Waals surface area contributed by atoms with Crippen molar-refractivity contribution in [3.63, 3.8) is 0 Å². The summed E-state index contributed by atoms with van der Waals surface area (Å²) < 4.78 is 16.5.